The van der Waals surface area contributed by atoms with Gasteiger partial charge in [-0.3, -0.25) is 4.79 Å². The molecule has 1 nitrogen and oxygen atoms in total. The Morgan fingerprint density at radius 3 is 2.71 bits per heavy atom. The van der Waals surface area contributed by atoms with Crippen molar-refractivity contribution in [2.75, 3.05) is 0 Å². The van der Waals surface area contributed by atoms with Crippen molar-refractivity contribution in [2.45, 2.75) is 46.5 Å². The van der Waals surface area contributed by atoms with Crippen LogP contribution in [0.1, 0.15) is 46.5 Å². The van der Waals surface area contributed by atoms with Gasteiger partial charge in [0.2, 0.25) is 0 Å². The maximum atomic E-state index is 10.2. The second-order valence-electron chi connectivity index (χ2n) is 5.26. The van der Waals surface area contributed by atoms with Gasteiger partial charge in [0.05, 0.1) is 0 Å². The van der Waals surface area contributed by atoms with E-state index in [4.69, 9.17) is 0 Å². The fraction of sp³-hybridized carbons (Fsp3) is 0.769. The zero-order valence-electron chi connectivity index (χ0n) is 9.62. The zero-order valence-corrected chi connectivity index (χ0v) is 9.62. The van der Waals surface area contributed by atoms with Crippen LogP contribution >= 0.6 is 0 Å². The van der Waals surface area contributed by atoms with Crippen molar-refractivity contribution in [2.24, 2.45) is 17.3 Å². The minimum Gasteiger partial charge on any atom is -0.299 e. The first-order valence-electron chi connectivity index (χ1n) is 5.68. The largest absolute Gasteiger partial charge is 0.299 e. The lowest BCUT2D eigenvalue weighted by Crippen LogP contribution is -2.33. The molecule has 0 radical (unpaired) electrons. The van der Waals surface area contributed by atoms with E-state index in [9.17, 15) is 4.79 Å². The summed E-state index contributed by atoms with van der Waals surface area (Å²) in [6, 6.07) is 0. The maximum Gasteiger partial charge on any atom is 0.142 e. The Morgan fingerprint density at radius 2 is 2.14 bits per heavy atom. The third-order valence-corrected chi connectivity index (χ3v) is 3.78. The normalized spacial score (nSPS) is 31.9. The van der Waals surface area contributed by atoms with Crippen LogP contribution in [0.4, 0.5) is 0 Å². The molecule has 0 amide bonds. The summed E-state index contributed by atoms with van der Waals surface area (Å²) in [5.74, 6) is 1.54. The van der Waals surface area contributed by atoms with Gasteiger partial charge in [-0.05, 0) is 36.2 Å². The van der Waals surface area contributed by atoms with Gasteiger partial charge >= 0.3 is 0 Å². The fourth-order valence-electron chi connectivity index (χ4n) is 2.87. The number of hydrogen-bond acceptors (Lipinski definition) is 1. The molecule has 0 bridgehead atoms. The predicted octanol–water partition coefficient (Wildman–Crippen LogP) is 3.59. The lowest BCUT2D eigenvalue weighted by atomic mass is 9.63. The second-order valence-corrected chi connectivity index (χ2v) is 5.26. The molecule has 1 aliphatic rings. The lowest BCUT2D eigenvalue weighted by molar-refractivity contribution is -0.104. The van der Waals surface area contributed by atoms with Gasteiger partial charge in [-0.1, -0.05) is 39.7 Å². The van der Waals surface area contributed by atoms with E-state index in [1.54, 1.807) is 6.08 Å². The van der Waals surface area contributed by atoms with Crippen LogP contribution in [0.15, 0.2) is 12.2 Å². The minimum absolute atomic E-state index is 0.449. The van der Waals surface area contributed by atoms with Gasteiger partial charge in [-0.15, -0.1) is 0 Å². The quantitative estimate of drug-likeness (QED) is 0.495. The molecule has 0 spiro atoms. The number of aldehydes is 1. The Balaban J connectivity index is 2.60. The second kappa shape index (κ2) is 4.77. The summed E-state index contributed by atoms with van der Waals surface area (Å²) in [6.45, 7) is 7.07. The highest BCUT2D eigenvalue weighted by atomic mass is 16.1. The van der Waals surface area contributed by atoms with E-state index in [0.717, 1.165) is 24.5 Å². The molecule has 80 valence electrons. The Labute approximate surface area is 87.6 Å². The van der Waals surface area contributed by atoms with Crippen molar-refractivity contribution >= 4 is 6.29 Å². The van der Waals surface area contributed by atoms with Gasteiger partial charge in [0.1, 0.15) is 6.29 Å². The van der Waals surface area contributed by atoms with Gasteiger partial charge in [0.25, 0.3) is 0 Å². The molecule has 1 fully saturated rings. The van der Waals surface area contributed by atoms with E-state index < -0.39 is 0 Å². The standard InChI is InChI=1S/C13H22O/c1-11-7-6-9-13(2,3)12(11)8-4-5-10-14/h4-5,10-12H,6-9H2,1-3H3/t11-,12+/m0/s1. The van der Waals surface area contributed by atoms with E-state index in [-0.39, 0.29) is 0 Å². The Kier molecular flexibility index (Phi) is 3.91. The highest BCUT2D eigenvalue weighted by molar-refractivity contribution is 5.64. The Bertz CT molecular complexity index is 215. The topological polar surface area (TPSA) is 17.1 Å². The molecule has 0 aromatic carbocycles. The van der Waals surface area contributed by atoms with Crippen molar-refractivity contribution in [1.29, 1.82) is 0 Å². The molecule has 1 heteroatoms. The van der Waals surface area contributed by atoms with Gasteiger partial charge in [-0.2, -0.15) is 0 Å². The Hall–Kier alpha value is -0.590. The molecule has 1 rings (SSSR count). The molecule has 0 N–H and O–H groups in total. The third-order valence-electron chi connectivity index (χ3n) is 3.78. The lowest BCUT2D eigenvalue weighted by Gasteiger charge is -2.42. The summed E-state index contributed by atoms with van der Waals surface area (Å²) in [7, 11) is 0. The van der Waals surface area contributed by atoms with E-state index in [1.807, 2.05) is 6.08 Å². The van der Waals surface area contributed by atoms with Gasteiger partial charge in [0, 0.05) is 0 Å². The van der Waals surface area contributed by atoms with Crippen molar-refractivity contribution < 1.29 is 4.79 Å². The molecule has 0 heterocycles. The first-order valence-corrected chi connectivity index (χ1v) is 5.68. The molecule has 1 saturated carbocycles. The molecule has 0 saturated heterocycles. The number of allylic oxidation sites excluding steroid dienone is 2. The number of rotatable bonds is 3. The molecule has 1 aliphatic carbocycles. The van der Waals surface area contributed by atoms with Crippen molar-refractivity contribution in [1.82, 2.24) is 0 Å². The van der Waals surface area contributed by atoms with Crippen LogP contribution in [-0.4, -0.2) is 6.29 Å². The zero-order chi connectivity index (χ0) is 10.6. The van der Waals surface area contributed by atoms with E-state index in [2.05, 4.69) is 20.8 Å². The first kappa shape index (κ1) is 11.5. The highest BCUT2D eigenvalue weighted by Crippen LogP contribution is 2.45. The van der Waals surface area contributed by atoms with Gasteiger partial charge in [-0.25, -0.2) is 0 Å². The van der Waals surface area contributed by atoms with E-state index >= 15 is 0 Å². The fourth-order valence-corrected chi connectivity index (χ4v) is 2.87. The molecule has 2 atom stereocenters. The van der Waals surface area contributed by atoms with Crippen LogP contribution in [0.25, 0.3) is 0 Å². The van der Waals surface area contributed by atoms with Crippen molar-refractivity contribution in [3.8, 4) is 0 Å². The van der Waals surface area contributed by atoms with E-state index in [1.165, 1.54) is 19.3 Å². The van der Waals surface area contributed by atoms with Crippen LogP contribution in [0.3, 0.4) is 0 Å². The summed E-state index contributed by atoms with van der Waals surface area (Å²) in [4.78, 5) is 10.2. The van der Waals surface area contributed by atoms with Crippen LogP contribution in [-0.2, 0) is 4.79 Å². The number of hydrogen-bond donors (Lipinski definition) is 0. The molecular formula is C13H22O. The minimum atomic E-state index is 0.449. The molecule has 14 heavy (non-hydrogen) atoms. The Morgan fingerprint density at radius 1 is 1.43 bits per heavy atom. The number of carbonyl (C=O) groups excluding carboxylic acids is 1. The average molecular weight is 194 g/mol. The SMILES string of the molecule is C[C@H]1CCCC(C)(C)[C@@H]1CC=CC=O. The average Bonchev–Trinajstić information content (AvgIpc) is 2.09. The first-order chi connectivity index (χ1) is 6.58. The maximum absolute atomic E-state index is 10.2. The summed E-state index contributed by atoms with van der Waals surface area (Å²) in [5.41, 5.74) is 0.449. The summed E-state index contributed by atoms with van der Waals surface area (Å²) in [5, 5.41) is 0. The van der Waals surface area contributed by atoms with Crippen molar-refractivity contribution in [3.63, 3.8) is 0 Å². The van der Waals surface area contributed by atoms with Crippen LogP contribution in [0.5, 0.6) is 0 Å². The van der Waals surface area contributed by atoms with Crippen molar-refractivity contribution in [3.05, 3.63) is 12.2 Å². The molecule has 0 unspecified atom stereocenters. The monoisotopic (exact) mass is 194 g/mol. The van der Waals surface area contributed by atoms with Gasteiger partial charge in [0.15, 0.2) is 0 Å². The smallest absolute Gasteiger partial charge is 0.142 e. The highest BCUT2D eigenvalue weighted by Gasteiger charge is 2.35. The predicted molar refractivity (Wildman–Crippen MR) is 60.1 cm³/mol. The third kappa shape index (κ3) is 2.70. The van der Waals surface area contributed by atoms with Gasteiger partial charge < -0.3 is 0 Å². The van der Waals surface area contributed by atoms with Crippen LogP contribution in [0.2, 0.25) is 0 Å². The number of carbonyl (C=O) groups is 1. The summed E-state index contributed by atoms with van der Waals surface area (Å²) < 4.78 is 0. The molecule has 0 aliphatic heterocycles. The van der Waals surface area contributed by atoms with E-state index in [0.29, 0.717) is 5.41 Å². The van der Waals surface area contributed by atoms with Crippen LogP contribution in [0, 0.1) is 17.3 Å². The summed E-state index contributed by atoms with van der Waals surface area (Å²) in [6.07, 6.45) is 9.65. The molecule has 0 aromatic rings. The van der Waals surface area contributed by atoms with Crippen LogP contribution < -0.4 is 0 Å². The molecular weight excluding hydrogens is 172 g/mol. The molecule has 0 aromatic heterocycles. The summed E-state index contributed by atoms with van der Waals surface area (Å²) >= 11 is 0.